The number of hydrogen-bond donors (Lipinski definition) is 1. The molecule has 2 nitrogen and oxygen atoms in total. The summed E-state index contributed by atoms with van der Waals surface area (Å²) in [6.45, 7) is 0. The first-order valence-electron chi connectivity index (χ1n) is 5.14. The lowest BCUT2D eigenvalue weighted by Gasteiger charge is -2.06. The van der Waals surface area contributed by atoms with Gasteiger partial charge in [-0.1, -0.05) is 23.2 Å². The van der Waals surface area contributed by atoms with Gasteiger partial charge in [0.25, 0.3) is 0 Å². The van der Waals surface area contributed by atoms with E-state index in [-0.39, 0.29) is 26.9 Å². The zero-order valence-electron chi connectivity index (χ0n) is 9.38. The van der Waals surface area contributed by atoms with Crippen LogP contribution in [-0.2, 0) is 0 Å². The molecule has 2 N–H and O–H groups in total. The van der Waals surface area contributed by atoms with Gasteiger partial charge in [0, 0.05) is 11.6 Å². The molecule has 0 saturated heterocycles. The number of carbonyl (C=O) groups is 1. The van der Waals surface area contributed by atoms with Crippen molar-refractivity contribution in [3.8, 4) is 0 Å². The normalized spacial score (nSPS) is 10.5. The Morgan fingerprint density at radius 1 is 1.05 bits per heavy atom. The molecule has 0 aliphatic heterocycles. The molecule has 0 atom stereocenters. The van der Waals surface area contributed by atoms with Gasteiger partial charge in [-0.05, 0) is 24.3 Å². The molecule has 0 heterocycles. The lowest BCUT2D eigenvalue weighted by Crippen LogP contribution is -2.05. The third kappa shape index (κ3) is 2.69. The molecular formula is C13H7Cl2F2NO. The van der Waals surface area contributed by atoms with E-state index in [1.165, 1.54) is 12.1 Å². The van der Waals surface area contributed by atoms with Gasteiger partial charge in [-0.25, -0.2) is 8.78 Å². The van der Waals surface area contributed by atoms with Crippen LogP contribution >= 0.6 is 23.2 Å². The first kappa shape index (κ1) is 13.8. The SMILES string of the molecule is Nc1c(Cl)cc(C(=O)c2ccc(F)cc2F)cc1Cl. The third-order valence-corrected chi connectivity index (χ3v) is 3.14. The Kier molecular flexibility index (Phi) is 3.73. The summed E-state index contributed by atoms with van der Waals surface area (Å²) in [4.78, 5) is 12.1. The van der Waals surface area contributed by atoms with Crippen LogP contribution in [-0.4, -0.2) is 5.78 Å². The fraction of sp³-hybridized carbons (Fsp3) is 0. The minimum atomic E-state index is -0.950. The van der Waals surface area contributed by atoms with E-state index >= 15 is 0 Å². The van der Waals surface area contributed by atoms with Crippen LogP contribution in [0.25, 0.3) is 0 Å². The van der Waals surface area contributed by atoms with Crippen LogP contribution in [0.15, 0.2) is 30.3 Å². The highest BCUT2D eigenvalue weighted by Crippen LogP contribution is 2.30. The smallest absolute Gasteiger partial charge is 0.196 e. The first-order chi connectivity index (χ1) is 8.90. The van der Waals surface area contributed by atoms with Crippen molar-refractivity contribution in [3.05, 3.63) is 63.1 Å². The molecule has 98 valence electrons. The van der Waals surface area contributed by atoms with E-state index in [1.54, 1.807) is 0 Å². The molecule has 2 rings (SSSR count). The Hall–Kier alpha value is -1.65. The van der Waals surface area contributed by atoms with Crippen LogP contribution in [0.1, 0.15) is 15.9 Å². The molecule has 2 aromatic rings. The molecule has 0 aliphatic carbocycles. The van der Waals surface area contributed by atoms with Gasteiger partial charge in [0.2, 0.25) is 0 Å². The van der Waals surface area contributed by atoms with Crippen molar-refractivity contribution in [3.63, 3.8) is 0 Å². The minimum absolute atomic E-state index is 0.0784. The first-order valence-corrected chi connectivity index (χ1v) is 5.90. The topological polar surface area (TPSA) is 43.1 Å². The van der Waals surface area contributed by atoms with Crippen LogP contribution in [0, 0.1) is 11.6 Å². The second kappa shape index (κ2) is 5.15. The number of carbonyl (C=O) groups excluding carboxylic acids is 1. The summed E-state index contributed by atoms with van der Waals surface area (Å²) < 4.78 is 26.3. The predicted octanol–water partition coefficient (Wildman–Crippen LogP) is 4.08. The minimum Gasteiger partial charge on any atom is -0.396 e. The Morgan fingerprint density at radius 2 is 1.63 bits per heavy atom. The van der Waals surface area contributed by atoms with Crippen molar-refractivity contribution in [2.45, 2.75) is 0 Å². The number of benzene rings is 2. The van der Waals surface area contributed by atoms with E-state index in [2.05, 4.69) is 0 Å². The average Bonchev–Trinajstić information content (AvgIpc) is 2.34. The number of anilines is 1. The number of nitrogens with two attached hydrogens (primary N) is 1. The molecular weight excluding hydrogens is 295 g/mol. The standard InChI is InChI=1S/C13H7Cl2F2NO/c14-9-3-6(4-10(15)12(9)18)13(19)8-2-1-7(16)5-11(8)17/h1-5H,18H2. The van der Waals surface area contributed by atoms with Crippen molar-refractivity contribution in [1.82, 2.24) is 0 Å². The lowest BCUT2D eigenvalue weighted by atomic mass is 10.0. The van der Waals surface area contributed by atoms with E-state index in [9.17, 15) is 13.6 Å². The second-order valence-electron chi connectivity index (χ2n) is 3.81. The van der Waals surface area contributed by atoms with Gasteiger partial charge in [0.05, 0.1) is 21.3 Å². The zero-order valence-corrected chi connectivity index (χ0v) is 10.9. The second-order valence-corrected chi connectivity index (χ2v) is 4.62. The van der Waals surface area contributed by atoms with E-state index in [0.29, 0.717) is 6.07 Å². The molecule has 0 aliphatic rings. The van der Waals surface area contributed by atoms with Crippen molar-refractivity contribution in [2.24, 2.45) is 0 Å². The van der Waals surface area contributed by atoms with Crippen molar-refractivity contribution in [1.29, 1.82) is 0 Å². The monoisotopic (exact) mass is 301 g/mol. The highest BCUT2D eigenvalue weighted by Gasteiger charge is 2.17. The van der Waals surface area contributed by atoms with E-state index in [0.717, 1.165) is 12.1 Å². The van der Waals surface area contributed by atoms with Gasteiger partial charge in [0.15, 0.2) is 5.78 Å². The largest absolute Gasteiger partial charge is 0.396 e. The van der Waals surface area contributed by atoms with Crippen LogP contribution in [0.2, 0.25) is 10.0 Å². The van der Waals surface area contributed by atoms with Crippen molar-refractivity contribution >= 4 is 34.7 Å². The molecule has 0 fully saturated rings. The third-order valence-electron chi connectivity index (χ3n) is 2.52. The number of rotatable bonds is 2. The quantitative estimate of drug-likeness (QED) is 0.671. The zero-order chi connectivity index (χ0) is 14.2. The van der Waals surface area contributed by atoms with E-state index in [4.69, 9.17) is 28.9 Å². The summed E-state index contributed by atoms with van der Waals surface area (Å²) in [5.74, 6) is -2.36. The van der Waals surface area contributed by atoms with Crippen molar-refractivity contribution in [2.75, 3.05) is 5.73 Å². The molecule has 0 amide bonds. The summed E-state index contributed by atoms with van der Waals surface area (Å²) in [5, 5.41) is 0.191. The van der Waals surface area contributed by atoms with Crippen LogP contribution in [0.5, 0.6) is 0 Å². The Balaban J connectivity index is 2.50. The molecule has 0 bridgehead atoms. The van der Waals surface area contributed by atoms with Crippen LogP contribution in [0.3, 0.4) is 0 Å². The van der Waals surface area contributed by atoms with Gasteiger partial charge in [0.1, 0.15) is 11.6 Å². The summed E-state index contributed by atoms with van der Waals surface area (Å²) in [6, 6.07) is 5.26. The molecule has 0 aromatic heterocycles. The number of halogens is 4. The molecule has 0 unspecified atom stereocenters. The summed E-state index contributed by atoms with van der Waals surface area (Å²) in [6.07, 6.45) is 0. The Labute approximate surface area is 117 Å². The number of hydrogen-bond acceptors (Lipinski definition) is 2. The lowest BCUT2D eigenvalue weighted by molar-refractivity contribution is 0.103. The maximum absolute atomic E-state index is 13.5. The Morgan fingerprint density at radius 3 is 2.16 bits per heavy atom. The van der Waals surface area contributed by atoms with Crippen LogP contribution in [0.4, 0.5) is 14.5 Å². The number of nitrogen functional groups attached to an aromatic ring is 1. The maximum atomic E-state index is 13.5. The van der Waals surface area contributed by atoms with E-state index < -0.39 is 17.4 Å². The summed E-state index contributed by atoms with van der Waals surface area (Å²) in [7, 11) is 0. The molecule has 0 saturated carbocycles. The van der Waals surface area contributed by atoms with Gasteiger partial charge >= 0.3 is 0 Å². The van der Waals surface area contributed by atoms with E-state index in [1.807, 2.05) is 0 Å². The summed E-state index contributed by atoms with van der Waals surface area (Å²) >= 11 is 11.6. The number of ketones is 1. The van der Waals surface area contributed by atoms with Gasteiger partial charge in [-0.3, -0.25) is 4.79 Å². The maximum Gasteiger partial charge on any atom is 0.196 e. The Bertz CT molecular complexity index is 651. The van der Waals surface area contributed by atoms with Gasteiger partial charge in [-0.15, -0.1) is 0 Å². The molecule has 2 aromatic carbocycles. The fourth-order valence-electron chi connectivity index (χ4n) is 1.54. The summed E-state index contributed by atoms with van der Waals surface area (Å²) in [5.41, 5.74) is 5.49. The molecule has 6 heteroatoms. The van der Waals surface area contributed by atoms with Crippen LogP contribution < -0.4 is 5.73 Å². The highest BCUT2D eigenvalue weighted by molar-refractivity contribution is 6.39. The molecule has 19 heavy (non-hydrogen) atoms. The fourth-order valence-corrected chi connectivity index (χ4v) is 2.03. The molecule has 0 radical (unpaired) electrons. The predicted molar refractivity (Wildman–Crippen MR) is 70.7 cm³/mol. The average molecular weight is 302 g/mol. The highest BCUT2D eigenvalue weighted by atomic mass is 35.5. The van der Waals surface area contributed by atoms with Crippen molar-refractivity contribution < 1.29 is 13.6 Å². The molecule has 0 spiro atoms. The van der Waals surface area contributed by atoms with Gasteiger partial charge in [-0.2, -0.15) is 0 Å². The van der Waals surface area contributed by atoms with Gasteiger partial charge < -0.3 is 5.73 Å².